The van der Waals surface area contributed by atoms with E-state index in [1.54, 1.807) is 27.7 Å². The molecule has 160 valence electrons. The number of esters is 1. The van der Waals surface area contributed by atoms with E-state index in [1.165, 1.54) is 0 Å². The van der Waals surface area contributed by atoms with Crippen LogP contribution in [0.4, 0.5) is 22.0 Å². The number of ether oxygens (including phenoxy) is 3. The standard InChI is InChI=1S/C17H23F5O5Si/c1-8(2)25-17(27-28,26-9(3)4)6-5-7-24-16(23)10-11(18)13(20)15(22)14(21)12(10)19/h8-9H,5-7H2,1-4,28H3. The number of carbonyl (C=O) groups excluding carboxylic acids is 1. The Morgan fingerprint density at radius 1 is 0.893 bits per heavy atom. The minimum atomic E-state index is -2.35. The van der Waals surface area contributed by atoms with Crippen LogP contribution >= 0.6 is 0 Å². The van der Waals surface area contributed by atoms with Crippen LogP contribution in [-0.2, 0) is 18.6 Å². The lowest BCUT2D eigenvalue weighted by molar-refractivity contribution is -0.369. The maximum Gasteiger partial charge on any atom is 0.344 e. The molecule has 0 aromatic heterocycles. The third-order valence-corrected chi connectivity index (χ3v) is 4.04. The predicted octanol–water partition coefficient (Wildman–Crippen LogP) is 3.12. The molecule has 0 amide bonds. The van der Waals surface area contributed by atoms with E-state index in [2.05, 4.69) is 4.74 Å². The molecule has 0 heterocycles. The van der Waals surface area contributed by atoms with Gasteiger partial charge in [0.05, 0.1) is 18.8 Å². The van der Waals surface area contributed by atoms with Gasteiger partial charge in [0, 0.05) is 6.42 Å². The quantitative estimate of drug-likeness (QED) is 0.109. The van der Waals surface area contributed by atoms with Gasteiger partial charge >= 0.3 is 5.97 Å². The van der Waals surface area contributed by atoms with Crippen molar-refractivity contribution in [1.82, 2.24) is 0 Å². The molecule has 5 nitrogen and oxygen atoms in total. The van der Waals surface area contributed by atoms with Gasteiger partial charge in [-0.05, 0) is 34.1 Å². The normalized spacial score (nSPS) is 12.2. The Labute approximate surface area is 162 Å². The molecule has 0 radical (unpaired) electrons. The van der Waals surface area contributed by atoms with Gasteiger partial charge in [-0.1, -0.05) is 0 Å². The van der Waals surface area contributed by atoms with E-state index in [-0.39, 0.29) is 42.1 Å². The van der Waals surface area contributed by atoms with E-state index in [1.807, 2.05) is 0 Å². The zero-order valence-corrected chi connectivity index (χ0v) is 18.2. The molecular formula is C17H23F5O5Si. The van der Waals surface area contributed by atoms with Crippen LogP contribution in [0, 0.1) is 29.1 Å². The molecular weight excluding hydrogens is 407 g/mol. The minimum Gasteiger partial charge on any atom is -0.462 e. The Kier molecular flexibility index (Phi) is 8.99. The Morgan fingerprint density at radius 2 is 1.32 bits per heavy atom. The maximum absolute atomic E-state index is 13.6. The van der Waals surface area contributed by atoms with Crippen LogP contribution in [-0.4, -0.2) is 41.2 Å². The molecule has 1 rings (SSSR count). The fraction of sp³-hybridized carbons (Fsp3) is 0.588. The molecule has 1 aromatic rings. The molecule has 0 N–H and O–H groups in total. The summed E-state index contributed by atoms with van der Waals surface area (Å²) in [5.74, 6) is -14.3. The first kappa shape index (κ1) is 24.5. The van der Waals surface area contributed by atoms with Crippen molar-refractivity contribution >= 4 is 16.5 Å². The summed E-state index contributed by atoms with van der Waals surface area (Å²) in [6.45, 7) is 6.68. The van der Waals surface area contributed by atoms with Gasteiger partial charge in [0.25, 0.3) is 5.97 Å². The van der Waals surface area contributed by atoms with Gasteiger partial charge < -0.3 is 18.6 Å². The largest absolute Gasteiger partial charge is 0.462 e. The molecule has 0 spiro atoms. The first-order valence-corrected chi connectivity index (χ1v) is 9.36. The third kappa shape index (κ3) is 5.97. The van der Waals surface area contributed by atoms with Gasteiger partial charge in [0.2, 0.25) is 5.82 Å². The van der Waals surface area contributed by atoms with Crippen molar-refractivity contribution in [2.45, 2.75) is 58.7 Å². The number of carbonyl (C=O) groups is 1. The molecule has 0 aliphatic heterocycles. The number of hydrogen-bond donors (Lipinski definition) is 0. The molecule has 1 aromatic carbocycles. The molecule has 28 heavy (non-hydrogen) atoms. The highest BCUT2D eigenvalue weighted by Gasteiger charge is 2.34. The van der Waals surface area contributed by atoms with Crippen molar-refractivity contribution in [2.24, 2.45) is 0 Å². The molecule has 0 fully saturated rings. The average Bonchev–Trinajstić information content (AvgIpc) is 2.61. The molecule has 0 aliphatic rings. The van der Waals surface area contributed by atoms with Crippen molar-refractivity contribution in [3.05, 3.63) is 34.6 Å². The molecule has 0 bridgehead atoms. The summed E-state index contributed by atoms with van der Waals surface area (Å²) in [5.41, 5.74) is -1.64. The van der Waals surface area contributed by atoms with E-state index < -0.39 is 46.6 Å². The monoisotopic (exact) mass is 430 g/mol. The fourth-order valence-electron chi connectivity index (χ4n) is 2.37. The van der Waals surface area contributed by atoms with E-state index in [4.69, 9.17) is 13.9 Å². The van der Waals surface area contributed by atoms with E-state index in [0.717, 1.165) is 0 Å². The van der Waals surface area contributed by atoms with Gasteiger partial charge in [0.1, 0.15) is 5.56 Å². The lowest BCUT2D eigenvalue weighted by atomic mass is 10.1. The molecule has 0 saturated carbocycles. The summed E-state index contributed by atoms with van der Waals surface area (Å²) in [4.78, 5) is 11.8. The average molecular weight is 430 g/mol. The van der Waals surface area contributed by atoms with Crippen LogP contribution in [0.5, 0.6) is 0 Å². The summed E-state index contributed by atoms with van der Waals surface area (Å²) in [6.07, 6.45) is -0.299. The molecule has 11 heteroatoms. The van der Waals surface area contributed by atoms with Crippen molar-refractivity contribution in [1.29, 1.82) is 0 Å². The molecule has 0 aliphatic carbocycles. The van der Waals surface area contributed by atoms with E-state index in [9.17, 15) is 26.7 Å². The first-order chi connectivity index (χ1) is 13.0. The van der Waals surface area contributed by atoms with Crippen LogP contribution < -0.4 is 0 Å². The second-order valence-electron chi connectivity index (χ2n) is 6.40. The third-order valence-electron chi connectivity index (χ3n) is 3.42. The number of halogens is 5. The van der Waals surface area contributed by atoms with Crippen molar-refractivity contribution in [3.8, 4) is 0 Å². The first-order valence-electron chi connectivity index (χ1n) is 8.55. The minimum absolute atomic E-state index is 0.0861. The SMILES string of the molecule is CC(C)OC(CCCOC(=O)c1c(F)c(F)c(F)c(F)c1F)(O[SiH3])OC(C)C. The highest BCUT2D eigenvalue weighted by molar-refractivity contribution is 5.98. The Morgan fingerprint density at radius 3 is 1.71 bits per heavy atom. The predicted molar refractivity (Wildman–Crippen MR) is 91.9 cm³/mol. The summed E-state index contributed by atoms with van der Waals surface area (Å²) < 4.78 is 88.0. The summed E-state index contributed by atoms with van der Waals surface area (Å²) >= 11 is 0. The van der Waals surface area contributed by atoms with Crippen LogP contribution in [0.1, 0.15) is 50.9 Å². The van der Waals surface area contributed by atoms with Crippen LogP contribution in [0.2, 0.25) is 0 Å². The zero-order valence-electron chi connectivity index (χ0n) is 16.2. The summed E-state index contributed by atoms with van der Waals surface area (Å²) in [6, 6.07) is 0. The Bertz CT molecular complexity index is 660. The molecule has 0 unspecified atom stereocenters. The lowest BCUT2D eigenvalue weighted by Gasteiger charge is -2.35. The zero-order chi connectivity index (χ0) is 21.6. The van der Waals surface area contributed by atoms with Gasteiger partial charge in [-0.3, -0.25) is 0 Å². The van der Waals surface area contributed by atoms with Gasteiger partial charge in [-0.2, -0.15) is 0 Å². The second kappa shape index (κ2) is 10.3. The van der Waals surface area contributed by atoms with Gasteiger partial charge in [-0.25, -0.2) is 26.7 Å². The van der Waals surface area contributed by atoms with Crippen LogP contribution in [0.25, 0.3) is 0 Å². The van der Waals surface area contributed by atoms with Crippen molar-refractivity contribution in [2.75, 3.05) is 6.61 Å². The van der Waals surface area contributed by atoms with Gasteiger partial charge in [-0.15, -0.1) is 0 Å². The topological polar surface area (TPSA) is 54.0 Å². The maximum atomic E-state index is 13.6. The molecule has 0 saturated heterocycles. The highest BCUT2D eigenvalue weighted by Crippen LogP contribution is 2.26. The molecule has 0 atom stereocenters. The van der Waals surface area contributed by atoms with Crippen molar-refractivity contribution in [3.63, 3.8) is 0 Å². The highest BCUT2D eigenvalue weighted by atomic mass is 28.2. The van der Waals surface area contributed by atoms with Crippen LogP contribution in [0.3, 0.4) is 0 Å². The number of benzene rings is 1. The number of rotatable bonds is 10. The second-order valence-corrected chi connectivity index (χ2v) is 6.81. The van der Waals surface area contributed by atoms with E-state index in [0.29, 0.717) is 0 Å². The van der Waals surface area contributed by atoms with Gasteiger partial charge in [0.15, 0.2) is 33.8 Å². The number of hydrogen-bond acceptors (Lipinski definition) is 5. The summed E-state index contributed by atoms with van der Waals surface area (Å²) in [7, 11) is 0.271. The van der Waals surface area contributed by atoms with E-state index >= 15 is 0 Å². The smallest absolute Gasteiger partial charge is 0.344 e. The Hall–Kier alpha value is -1.56. The Balaban J connectivity index is 2.81. The fourth-order valence-corrected chi connectivity index (χ4v) is 2.77. The summed E-state index contributed by atoms with van der Waals surface area (Å²) in [5, 5.41) is 0. The lowest BCUT2D eigenvalue weighted by Crippen LogP contribution is -2.43. The van der Waals surface area contributed by atoms with Crippen molar-refractivity contribution < 1.29 is 45.4 Å². The van der Waals surface area contributed by atoms with Crippen LogP contribution in [0.15, 0.2) is 0 Å².